The molecule has 0 radical (unpaired) electrons. The lowest BCUT2D eigenvalue weighted by Gasteiger charge is -2.58. The molecule has 3 N–H and O–H groups in total. The summed E-state index contributed by atoms with van der Waals surface area (Å²) in [7, 11) is 0. The van der Waals surface area contributed by atoms with E-state index in [-0.39, 0.29) is 5.69 Å². The van der Waals surface area contributed by atoms with E-state index in [1.807, 2.05) is 25.2 Å². The number of primary amides is 1. The zero-order valence-electron chi connectivity index (χ0n) is 18.7. The Morgan fingerprint density at radius 3 is 2.65 bits per heavy atom. The molecule has 4 rings (SSSR count). The Bertz CT molecular complexity index is 904. The number of ether oxygens (including phenoxy) is 1. The second-order valence-corrected chi connectivity index (χ2v) is 8.51. The summed E-state index contributed by atoms with van der Waals surface area (Å²) < 4.78 is 5.67. The first-order valence-electron chi connectivity index (χ1n) is 10.9. The van der Waals surface area contributed by atoms with Crippen LogP contribution < -0.4 is 5.73 Å². The highest BCUT2D eigenvalue weighted by atomic mass is 16.5. The quantitative estimate of drug-likeness (QED) is 0.483. The third-order valence-corrected chi connectivity index (χ3v) is 6.69. The Labute approximate surface area is 185 Å². The molecule has 2 atom stereocenters. The average Bonchev–Trinajstić information content (AvgIpc) is 3.14. The zero-order chi connectivity index (χ0) is 22.4. The summed E-state index contributed by atoms with van der Waals surface area (Å²) in [6, 6.07) is 0. The number of hydrogen-bond donors (Lipinski definition) is 2. The van der Waals surface area contributed by atoms with E-state index in [1.165, 1.54) is 38.8 Å². The van der Waals surface area contributed by atoms with Crippen LogP contribution >= 0.6 is 0 Å². The second-order valence-electron chi connectivity index (χ2n) is 8.51. The van der Waals surface area contributed by atoms with Gasteiger partial charge in [0.25, 0.3) is 5.91 Å². The first kappa shape index (κ1) is 22.8. The van der Waals surface area contributed by atoms with E-state index in [2.05, 4.69) is 28.3 Å². The monoisotopic (exact) mass is 422 g/mol. The van der Waals surface area contributed by atoms with E-state index in [0.29, 0.717) is 17.9 Å². The van der Waals surface area contributed by atoms with Crippen LogP contribution in [0, 0.1) is 12.8 Å². The first-order chi connectivity index (χ1) is 14.9. The standard InChI is InChI=1S/C17H21N3O2.C8H13N/c1-5-7-8-9-12(3)11-22-14(6-2)10-15-13(4)19-20-16(15)17(18)21;1-3-8-4-6-9(8)5-2-7(1)8/h5-10H,1-2,11H2,3-4H3,(H2,18,21)(H,19,20);7H,1-6H2/b8-7-,12-9+,14-10+;. The summed E-state index contributed by atoms with van der Waals surface area (Å²) in [5.41, 5.74) is 8.65. The zero-order valence-corrected chi connectivity index (χ0v) is 18.7. The maximum absolute atomic E-state index is 11.3. The summed E-state index contributed by atoms with van der Waals surface area (Å²) in [4.78, 5) is 14.0. The van der Waals surface area contributed by atoms with Crippen LogP contribution in [0.1, 0.15) is 54.4 Å². The minimum absolute atomic E-state index is 0.182. The van der Waals surface area contributed by atoms with Gasteiger partial charge in [0.05, 0.1) is 0 Å². The maximum atomic E-state index is 11.3. The van der Waals surface area contributed by atoms with Crippen LogP contribution in [0.15, 0.2) is 54.9 Å². The molecule has 2 saturated heterocycles. The van der Waals surface area contributed by atoms with Crippen molar-refractivity contribution < 1.29 is 9.53 Å². The topological polar surface area (TPSA) is 84.2 Å². The predicted octanol–water partition coefficient (Wildman–Crippen LogP) is 4.29. The lowest BCUT2D eigenvalue weighted by Crippen LogP contribution is -2.63. The number of aromatic amines is 1. The van der Waals surface area contributed by atoms with Crippen LogP contribution in [0.25, 0.3) is 6.08 Å². The summed E-state index contributed by atoms with van der Waals surface area (Å²) >= 11 is 0. The molecule has 1 saturated carbocycles. The highest BCUT2D eigenvalue weighted by molar-refractivity contribution is 5.95. The predicted molar refractivity (Wildman–Crippen MR) is 125 cm³/mol. The molecule has 1 aromatic rings. The van der Waals surface area contributed by atoms with Crippen LogP contribution in [-0.4, -0.2) is 46.2 Å². The summed E-state index contributed by atoms with van der Waals surface area (Å²) in [5, 5.41) is 6.62. The number of amides is 1. The fourth-order valence-electron chi connectivity index (χ4n) is 4.69. The van der Waals surface area contributed by atoms with Gasteiger partial charge in [-0.3, -0.25) is 14.8 Å². The number of nitrogens with zero attached hydrogens (tertiary/aromatic N) is 2. The van der Waals surface area contributed by atoms with Crippen molar-refractivity contribution in [3.8, 4) is 0 Å². The molecule has 1 aliphatic carbocycles. The molecule has 0 aromatic carbocycles. The van der Waals surface area contributed by atoms with Gasteiger partial charge < -0.3 is 10.5 Å². The van der Waals surface area contributed by atoms with Gasteiger partial charge in [-0.15, -0.1) is 0 Å². The molecule has 1 aromatic heterocycles. The lowest BCUT2D eigenvalue weighted by atomic mass is 9.62. The van der Waals surface area contributed by atoms with Gasteiger partial charge in [0.2, 0.25) is 0 Å². The molecule has 166 valence electrons. The summed E-state index contributed by atoms with van der Waals surface area (Å²) in [6.45, 7) is 14.3. The SMILES string of the molecule is C1CN2CCC23CCC13.C=C/C=C\C=C(/C)CO/C(C=C)=C/c1c(C(N)=O)n[nH]c1C. The molecule has 1 spiro atoms. The largest absolute Gasteiger partial charge is 0.489 e. The molecule has 3 fully saturated rings. The van der Waals surface area contributed by atoms with Crippen molar-refractivity contribution in [2.45, 2.75) is 45.1 Å². The van der Waals surface area contributed by atoms with E-state index in [4.69, 9.17) is 10.5 Å². The van der Waals surface area contributed by atoms with E-state index < -0.39 is 5.91 Å². The Morgan fingerprint density at radius 2 is 2.13 bits per heavy atom. The molecule has 6 heteroatoms. The van der Waals surface area contributed by atoms with Crippen LogP contribution in [0.5, 0.6) is 0 Å². The normalized spacial score (nSPS) is 24.9. The van der Waals surface area contributed by atoms with Gasteiger partial charge in [-0.25, -0.2) is 0 Å². The molecular formula is C25H34N4O2. The molecule has 6 nitrogen and oxygen atoms in total. The van der Waals surface area contributed by atoms with Crippen LogP contribution in [-0.2, 0) is 4.74 Å². The molecule has 0 bridgehead atoms. The van der Waals surface area contributed by atoms with Crippen molar-refractivity contribution in [1.29, 1.82) is 0 Å². The van der Waals surface area contributed by atoms with Gasteiger partial charge in [0.15, 0.2) is 5.69 Å². The van der Waals surface area contributed by atoms with Crippen LogP contribution in [0.4, 0.5) is 0 Å². The molecule has 3 aliphatic rings. The van der Waals surface area contributed by atoms with Gasteiger partial charge in [0.1, 0.15) is 12.4 Å². The third kappa shape index (κ3) is 4.90. The average molecular weight is 423 g/mol. The molecule has 1 amide bonds. The van der Waals surface area contributed by atoms with Crippen molar-refractivity contribution in [3.05, 3.63) is 71.8 Å². The number of nitrogens with two attached hydrogens (primary N) is 1. The van der Waals surface area contributed by atoms with E-state index in [9.17, 15) is 4.79 Å². The van der Waals surface area contributed by atoms with Gasteiger partial charge >= 0.3 is 0 Å². The van der Waals surface area contributed by atoms with Gasteiger partial charge in [0, 0.05) is 23.3 Å². The van der Waals surface area contributed by atoms with Crippen molar-refractivity contribution >= 4 is 12.0 Å². The fraction of sp³-hybridized carbons (Fsp3) is 0.440. The molecule has 31 heavy (non-hydrogen) atoms. The van der Waals surface area contributed by atoms with Crippen molar-refractivity contribution in [1.82, 2.24) is 15.1 Å². The van der Waals surface area contributed by atoms with Crippen molar-refractivity contribution in [2.75, 3.05) is 19.7 Å². The number of aromatic nitrogens is 2. The lowest BCUT2D eigenvalue weighted by molar-refractivity contribution is -0.0659. The number of aryl methyl sites for hydroxylation is 1. The fourth-order valence-corrected chi connectivity index (χ4v) is 4.69. The summed E-state index contributed by atoms with van der Waals surface area (Å²) in [6.07, 6.45) is 16.7. The third-order valence-electron chi connectivity index (χ3n) is 6.69. The van der Waals surface area contributed by atoms with E-state index in [0.717, 1.165) is 22.7 Å². The number of carbonyl (C=O) groups excluding carboxylic acids is 1. The number of carbonyl (C=O) groups is 1. The number of allylic oxidation sites excluding steroid dienone is 5. The van der Waals surface area contributed by atoms with Crippen LogP contribution in [0.2, 0.25) is 0 Å². The number of nitrogens with one attached hydrogen (secondary N) is 1. The van der Waals surface area contributed by atoms with E-state index >= 15 is 0 Å². The minimum atomic E-state index is -0.593. The van der Waals surface area contributed by atoms with Gasteiger partial charge in [-0.2, -0.15) is 5.10 Å². The Kier molecular flexibility index (Phi) is 7.33. The Balaban J connectivity index is 0.000000243. The van der Waals surface area contributed by atoms with Crippen LogP contribution in [0.3, 0.4) is 0 Å². The Morgan fingerprint density at radius 1 is 1.32 bits per heavy atom. The van der Waals surface area contributed by atoms with Gasteiger partial charge in [-0.05, 0) is 69.7 Å². The maximum Gasteiger partial charge on any atom is 0.269 e. The summed E-state index contributed by atoms with van der Waals surface area (Å²) in [5.74, 6) is 1.07. The number of H-pyrrole nitrogens is 1. The highest BCUT2D eigenvalue weighted by Gasteiger charge is 2.59. The van der Waals surface area contributed by atoms with E-state index in [1.54, 1.807) is 25.2 Å². The molecule has 2 aliphatic heterocycles. The van der Waals surface area contributed by atoms with Crippen molar-refractivity contribution in [2.24, 2.45) is 11.7 Å². The minimum Gasteiger partial charge on any atom is -0.489 e. The molecular weight excluding hydrogens is 388 g/mol. The van der Waals surface area contributed by atoms with Gasteiger partial charge in [-0.1, -0.05) is 37.5 Å². The molecule has 3 heterocycles. The number of hydrogen-bond acceptors (Lipinski definition) is 4. The smallest absolute Gasteiger partial charge is 0.269 e. The molecule has 2 unspecified atom stereocenters. The Hall–Kier alpha value is -2.86. The first-order valence-corrected chi connectivity index (χ1v) is 10.9. The number of rotatable bonds is 8. The second kappa shape index (κ2) is 9.96. The highest BCUT2D eigenvalue weighted by Crippen LogP contribution is 2.57. The van der Waals surface area contributed by atoms with Crippen molar-refractivity contribution in [3.63, 3.8) is 0 Å².